The lowest BCUT2D eigenvalue weighted by Gasteiger charge is -2.12. The maximum atomic E-state index is 5.56. The fraction of sp³-hybridized carbons (Fsp3) is 0.308. The molecule has 0 unspecified atom stereocenters. The molecule has 1 heterocycles. The number of ether oxygens (including phenoxy) is 2. The van der Waals surface area contributed by atoms with Gasteiger partial charge in [0.2, 0.25) is 0 Å². The first-order chi connectivity index (χ1) is 8.65. The molecule has 0 bridgehead atoms. The van der Waals surface area contributed by atoms with E-state index in [1.807, 2.05) is 26.0 Å². The van der Waals surface area contributed by atoms with Crippen LogP contribution >= 0.6 is 0 Å². The minimum atomic E-state index is 0.339. The maximum Gasteiger partial charge on any atom is 0.172 e. The molecule has 0 fully saturated rings. The number of aryl methyl sites for hydroxylation is 1. The Hall–Kier alpha value is -2.17. The number of hydrogen-bond acceptors (Lipinski definition) is 5. The Labute approximate surface area is 105 Å². The van der Waals surface area contributed by atoms with E-state index in [2.05, 4.69) is 5.16 Å². The zero-order chi connectivity index (χ0) is 13.1. The van der Waals surface area contributed by atoms with E-state index in [0.29, 0.717) is 23.9 Å². The van der Waals surface area contributed by atoms with Gasteiger partial charge in [0.15, 0.2) is 11.6 Å². The summed E-state index contributed by atoms with van der Waals surface area (Å²) < 4.78 is 16.1. The number of hydrogen-bond donors (Lipinski definition) is 1. The van der Waals surface area contributed by atoms with Gasteiger partial charge in [0.05, 0.1) is 19.3 Å². The van der Waals surface area contributed by atoms with Crippen molar-refractivity contribution in [1.82, 2.24) is 5.16 Å². The second-order valence-corrected chi connectivity index (χ2v) is 3.87. The van der Waals surface area contributed by atoms with Crippen molar-refractivity contribution in [2.75, 3.05) is 19.5 Å². The number of nitrogen functional groups attached to an aromatic ring is 1. The molecule has 0 aliphatic rings. The number of nitrogens with two attached hydrogens (primary N) is 1. The highest BCUT2D eigenvalue weighted by molar-refractivity contribution is 5.70. The zero-order valence-electron chi connectivity index (χ0n) is 10.7. The van der Waals surface area contributed by atoms with E-state index < -0.39 is 0 Å². The van der Waals surface area contributed by atoms with Crippen molar-refractivity contribution in [2.45, 2.75) is 13.8 Å². The molecule has 0 radical (unpaired) electrons. The van der Waals surface area contributed by atoms with Crippen LogP contribution < -0.4 is 15.2 Å². The van der Waals surface area contributed by atoms with Crippen molar-refractivity contribution in [3.63, 3.8) is 0 Å². The Morgan fingerprint density at radius 3 is 2.61 bits per heavy atom. The minimum absolute atomic E-state index is 0.339. The number of benzene rings is 1. The molecule has 5 nitrogen and oxygen atoms in total. The van der Waals surface area contributed by atoms with Crippen LogP contribution in [-0.4, -0.2) is 18.9 Å². The van der Waals surface area contributed by atoms with Crippen molar-refractivity contribution >= 4 is 5.82 Å². The van der Waals surface area contributed by atoms with Crippen molar-refractivity contribution in [1.29, 1.82) is 0 Å². The summed E-state index contributed by atoms with van der Waals surface area (Å²) in [6.07, 6.45) is 0. The lowest BCUT2D eigenvalue weighted by Crippen LogP contribution is -1.96. The lowest BCUT2D eigenvalue weighted by atomic mass is 10.1. The van der Waals surface area contributed by atoms with Gasteiger partial charge in [0.1, 0.15) is 11.5 Å². The molecule has 18 heavy (non-hydrogen) atoms. The summed E-state index contributed by atoms with van der Waals surface area (Å²) in [5.74, 6) is 2.39. The lowest BCUT2D eigenvalue weighted by molar-refractivity contribution is 0.336. The molecule has 2 rings (SSSR count). The van der Waals surface area contributed by atoms with Gasteiger partial charge in [-0.3, -0.25) is 0 Å². The van der Waals surface area contributed by atoms with Crippen LogP contribution in [0.3, 0.4) is 0 Å². The number of nitrogens with zero attached hydrogens (tertiary/aromatic N) is 1. The predicted molar refractivity (Wildman–Crippen MR) is 68.8 cm³/mol. The summed E-state index contributed by atoms with van der Waals surface area (Å²) in [7, 11) is 1.61. The molecule has 0 atom stereocenters. The zero-order valence-corrected chi connectivity index (χ0v) is 10.7. The largest absolute Gasteiger partial charge is 0.496 e. The maximum absolute atomic E-state index is 5.56. The molecule has 5 heteroatoms. The van der Waals surface area contributed by atoms with Crippen LogP contribution in [0.4, 0.5) is 5.82 Å². The summed E-state index contributed by atoms with van der Waals surface area (Å²) >= 11 is 0. The summed E-state index contributed by atoms with van der Waals surface area (Å²) in [5.41, 5.74) is 7.34. The van der Waals surface area contributed by atoms with Gasteiger partial charge in [-0.25, -0.2) is 0 Å². The average Bonchev–Trinajstić information content (AvgIpc) is 2.78. The summed E-state index contributed by atoms with van der Waals surface area (Å²) in [4.78, 5) is 0. The van der Waals surface area contributed by atoms with Gasteiger partial charge < -0.3 is 19.7 Å². The van der Waals surface area contributed by atoms with Gasteiger partial charge in [0.25, 0.3) is 0 Å². The van der Waals surface area contributed by atoms with Gasteiger partial charge in [-0.1, -0.05) is 5.16 Å². The molecule has 2 aromatic rings. The van der Waals surface area contributed by atoms with Crippen LogP contribution in [0.2, 0.25) is 0 Å². The van der Waals surface area contributed by atoms with Gasteiger partial charge in [-0.05, 0) is 31.5 Å². The number of anilines is 1. The van der Waals surface area contributed by atoms with Gasteiger partial charge >= 0.3 is 0 Å². The number of rotatable bonds is 4. The molecule has 1 aromatic carbocycles. The molecule has 96 valence electrons. The molecular formula is C13H16N2O3. The second kappa shape index (κ2) is 5.00. The Balaban J connectivity index is 2.53. The molecule has 0 amide bonds. The van der Waals surface area contributed by atoms with E-state index in [1.165, 1.54) is 0 Å². The van der Waals surface area contributed by atoms with Crippen LogP contribution in [0.5, 0.6) is 11.5 Å². The molecule has 0 saturated carbocycles. The quantitative estimate of drug-likeness (QED) is 0.900. The van der Waals surface area contributed by atoms with E-state index in [1.54, 1.807) is 13.2 Å². The van der Waals surface area contributed by atoms with Crippen LogP contribution in [0.25, 0.3) is 11.3 Å². The van der Waals surface area contributed by atoms with Crippen LogP contribution in [0.15, 0.2) is 22.7 Å². The van der Waals surface area contributed by atoms with Gasteiger partial charge in [-0.15, -0.1) is 0 Å². The number of methoxy groups -OCH3 is 1. The molecule has 2 N–H and O–H groups in total. The SMILES string of the molecule is CCOc1cc(-c2cc(N)no2)c(OC)cc1C. The molecule has 0 aliphatic heterocycles. The fourth-order valence-electron chi connectivity index (χ4n) is 1.75. The van der Waals surface area contributed by atoms with Crippen molar-refractivity contribution in [3.8, 4) is 22.8 Å². The van der Waals surface area contributed by atoms with Gasteiger partial charge in [0, 0.05) is 6.07 Å². The van der Waals surface area contributed by atoms with Crippen LogP contribution in [0.1, 0.15) is 12.5 Å². The summed E-state index contributed by atoms with van der Waals surface area (Å²) in [5, 5.41) is 3.67. The third kappa shape index (κ3) is 2.25. The second-order valence-electron chi connectivity index (χ2n) is 3.87. The molecule has 0 aliphatic carbocycles. The van der Waals surface area contributed by atoms with Crippen molar-refractivity contribution in [3.05, 3.63) is 23.8 Å². The van der Waals surface area contributed by atoms with Gasteiger partial charge in [-0.2, -0.15) is 0 Å². The monoisotopic (exact) mass is 248 g/mol. The van der Waals surface area contributed by atoms with E-state index in [4.69, 9.17) is 19.7 Å². The summed E-state index contributed by atoms with van der Waals surface area (Å²) in [6, 6.07) is 5.43. The smallest absolute Gasteiger partial charge is 0.172 e. The first-order valence-corrected chi connectivity index (χ1v) is 5.69. The first kappa shape index (κ1) is 12.3. The standard InChI is InChI=1S/C13H16N2O3/c1-4-17-10-6-9(11(16-3)5-8(10)2)12-7-13(14)15-18-12/h5-7H,4H2,1-3H3,(H2,14,15). The molecular weight excluding hydrogens is 232 g/mol. The van der Waals surface area contributed by atoms with Crippen LogP contribution in [-0.2, 0) is 0 Å². The van der Waals surface area contributed by atoms with E-state index in [0.717, 1.165) is 16.9 Å². The van der Waals surface area contributed by atoms with Crippen molar-refractivity contribution in [2.24, 2.45) is 0 Å². The fourth-order valence-corrected chi connectivity index (χ4v) is 1.75. The topological polar surface area (TPSA) is 70.5 Å². The molecule has 0 saturated heterocycles. The van der Waals surface area contributed by atoms with E-state index in [-0.39, 0.29) is 0 Å². The van der Waals surface area contributed by atoms with E-state index in [9.17, 15) is 0 Å². The predicted octanol–water partition coefficient (Wildman–Crippen LogP) is 2.64. The highest BCUT2D eigenvalue weighted by Crippen LogP contribution is 2.36. The van der Waals surface area contributed by atoms with Crippen molar-refractivity contribution < 1.29 is 14.0 Å². The minimum Gasteiger partial charge on any atom is -0.496 e. The Morgan fingerprint density at radius 2 is 2.06 bits per heavy atom. The third-order valence-electron chi connectivity index (χ3n) is 2.59. The Morgan fingerprint density at radius 1 is 1.28 bits per heavy atom. The first-order valence-electron chi connectivity index (χ1n) is 5.69. The third-order valence-corrected chi connectivity index (χ3v) is 2.59. The van der Waals surface area contributed by atoms with Crippen LogP contribution in [0, 0.1) is 6.92 Å². The molecule has 1 aromatic heterocycles. The highest BCUT2D eigenvalue weighted by Gasteiger charge is 2.14. The summed E-state index contributed by atoms with van der Waals surface area (Å²) in [6.45, 7) is 4.51. The molecule has 0 spiro atoms. The number of aromatic nitrogens is 1. The van der Waals surface area contributed by atoms with E-state index >= 15 is 0 Å². The highest BCUT2D eigenvalue weighted by atomic mass is 16.5. The Bertz CT molecular complexity index is 549. The normalized spacial score (nSPS) is 10.4. The average molecular weight is 248 g/mol. The Kier molecular flexibility index (Phi) is 3.41.